The maximum atomic E-state index is 11.9. The molecule has 17 heavy (non-hydrogen) atoms. The van der Waals surface area contributed by atoms with Crippen molar-refractivity contribution in [3.63, 3.8) is 0 Å². The van der Waals surface area contributed by atoms with E-state index in [9.17, 15) is 9.00 Å². The molecule has 0 aliphatic carbocycles. The number of ether oxygens (including phenoxy) is 1. The van der Waals surface area contributed by atoms with Crippen molar-refractivity contribution in [2.24, 2.45) is 5.92 Å². The Kier molecular flexibility index (Phi) is 6.69. The van der Waals surface area contributed by atoms with E-state index in [0.717, 1.165) is 13.0 Å². The zero-order chi connectivity index (χ0) is 12.7. The fourth-order valence-corrected chi connectivity index (χ4v) is 2.45. The summed E-state index contributed by atoms with van der Waals surface area (Å²) in [7, 11) is -0.781. The summed E-state index contributed by atoms with van der Waals surface area (Å²) in [5, 5.41) is 6.12. The molecule has 0 radical (unpaired) electrons. The van der Waals surface area contributed by atoms with Crippen LogP contribution < -0.4 is 10.6 Å². The van der Waals surface area contributed by atoms with Crippen LogP contribution in [0.1, 0.15) is 13.3 Å². The number of rotatable bonds is 7. The molecule has 6 heteroatoms. The normalized spacial score (nSPS) is 25.8. The summed E-state index contributed by atoms with van der Waals surface area (Å²) in [6.45, 7) is 4.54. The van der Waals surface area contributed by atoms with Crippen molar-refractivity contribution >= 4 is 16.7 Å². The molecule has 0 spiro atoms. The van der Waals surface area contributed by atoms with Crippen LogP contribution in [0, 0.1) is 5.92 Å². The summed E-state index contributed by atoms with van der Waals surface area (Å²) < 4.78 is 16.2. The molecular weight excluding hydrogens is 240 g/mol. The van der Waals surface area contributed by atoms with Gasteiger partial charge in [0.1, 0.15) is 0 Å². The molecule has 2 N–H and O–H groups in total. The molecular formula is C11H22N2O3S. The van der Waals surface area contributed by atoms with Crippen LogP contribution in [0.2, 0.25) is 0 Å². The molecule has 1 rings (SSSR count). The van der Waals surface area contributed by atoms with Gasteiger partial charge in [0.15, 0.2) is 0 Å². The van der Waals surface area contributed by atoms with Crippen molar-refractivity contribution in [2.75, 3.05) is 38.3 Å². The Morgan fingerprint density at radius 3 is 2.88 bits per heavy atom. The average Bonchev–Trinajstić information content (AvgIpc) is 2.72. The van der Waals surface area contributed by atoms with Gasteiger partial charge in [0.2, 0.25) is 5.91 Å². The molecule has 0 saturated carbocycles. The van der Waals surface area contributed by atoms with Crippen LogP contribution in [0.15, 0.2) is 0 Å². The van der Waals surface area contributed by atoms with Gasteiger partial charge < -0.3 is 15.4 Å². The van der Waals surface area contributed by atoms with E-state index in [-0.39, 0.29) is 17.9 Å². The van der Waals surface area contributed by atoms with E-state index in [1.807, 2.05) is 6.92 Å². The van der Waals surface area contributed by atoms with Gasteiger partial charge in [0.05, 0.1) is 19.1 Å². The van der Waals surface area contributed by atoms with E-state index >= 15 is 0 Å². The van der Waals surface area contributed by atoms with Crippen molar-refractivity contribution in [1.82, 2.24) is 10.6 Å². The van der Waals surface area contributed by atoms with E-state index < -0.39 is 10.8 Å². The Labute approximate surface area is 105 Å². The second-order valence-electron chi connectivity index (χ2n) is 4.23. The van der Waals surface area contributed by atoms with Crippen molar-refractivity contribution in [2.45, 2.75) is 19.4 Å². The first-order valence-electron chi connectivity index (χ1n) is 6.04. The fourth-order valence-electron chi connectivity index (χ4n) is 1.89. The maximum absolute atomic E-state index is 11.9. The number of amides is 1. The standard InChI is InChI=1S/C11H22N2O3S/c1-3-12-10-8-16-7-9(10)11(14)13-5-4-6-17(2)15/h9-10,12H,3-8H2,1-2H3,(H,13,14). The highest BCUT2D eigenvalue weighted by atomic mass is 32.2. The van der Waals surface area contributed by atoms with Gasteiger partial charge in [-0.05, 0) is 13.0 Å². The lowest BCUT2D eigenvalue weighted by Gasteiger charge is -2.17. The van der Waals surface area contributed by atoms with E-state index in [1.165, 1.54) is 0 Å². The van der Waals surface area contributed by atoms with Gasteiger partial charge in [-0.15, -0.1) is 0 Å². The van der Waals surface area contributed by atoms with Gasteiger partial charge in [0.25, 0.3) is 0 Å². The molecule has 1 saturated heterocycles. The van der Waals surface area contributed by atoms with Crippen LogP contribution in [0.3, 0.4) is 0 Å². The number of hydrogen-bond donors (Lipinski definition) is 2. The largest absolute Gasteiger partial charge is 0.379 e. The molecule has 3 atom stereocenters. The third-order valence-corrected chi connectivity index (χ3v) is 3.65. The molecule has 0 aromatic heterocycles. The minimum atomic E-state index is -0.781. The highest BCUT2D eigenvalue weighted by molar-refractivity contribution is 7.84. The van der Waals surface area contributed by atoms with Crippen molar-refractivity contribution in [3.8, 4) is 0 Å². The predicted molar refractivity (Wildman–Crippen MR) is 68.3 cm³/mol. The Morgan fingerprint density at radius 1 is 1.47 bits per heavy atom. The van der Waals surface area contributed by atoms with E-state index in [4.69, 9.17) is 4.74 Å². The van der Waals surface area contributed by atoms with Crippen LogP contribution in [0.25, 0.3) is 0 Å². The van der Waals surface area contributed by atoms with Crippen LogP contribution in [0.4, 0.5) is 0 Å². The predicted octanol–water partition coefficient (Wildman–Crippen LogP) is -0.504. The third kappa shape index (κ3) is 5.14. The molecule has 1 amide bonds. The molecule has 3 unspecified atom stereocenters. The number of nitrogens with one attached hydrogen (secondary N) is 2. The topological polar surface area (TPSA) is 67.4 Å². The van der Waals surface area contributed by atoms with Gasteiger partial charge in [-0.2, -0.15) is 0 Å². The molecule has 1 aliphatic heterocycles. The quantitative estimate of drug-likeness (QED) is 0.607. The zero-order valence-electron chi connectivity index (χ0n) is 10.5. The lowest BCUT2D eigenvalue weighted by Crippen LogP contribution is -2.44. The summed E-state index contributed by atoms with van der Waals surface area (Å²) in [6, 6.07) is 0.125. The van der Waals surface area contributed by atoms with E-state index in [0.29, 0.717) is 25.5 Å². The Hall–Kier alpha value is -0.460. The summed E-state index contributed by atoms with van der Waals surface area (Å²) >= 11 is 0. The van der Waals surface area contributed by atoms with Crippen LogP contribution >= 0.6 is 0 Å². The van der Waals surface area contributed by atoms with Gasteiger partial charge in [-0.1, -0.05) is 6.92 Å². The van der Waals surface area contributed by atoms with Gasteiger partial charge in [-0.3, -0.25) is 9.00 Å². The first-order chi connectivity index (χ1) is 8.15. The highest BCUT2D eigenvalue weighted by Gasteiger charge is 2.32. The Bertz CT molecular complexity index is 273. The fraction of sp³-hybridized carbons (Fsp3) is 0.909. The molecule has 0 bridgehead atoms. The van der Waals surface area contributed by atoms with Gasteiger partial charge in [0, 0.05) is 35.4 Å². The first-order valence-corrected chi connectivity index (χ1v) is 7.76. The lowest BCUT2D eigenvalue weighted by molar-refractivity contribution is -0.125. The SMILES string of the molecule is CCNC1COCC1C(=O)NCCCS(C)=O. The van der Waals surface area contributed by atoms with Crippen molar-refractivity contribution in [1.29, 1.82) is 0 Å². The summed E-state index contributed by atoms with van der Waals surface area (Å²) in [5.41, 5.74) is 0. The molecule has 0 aromatic carbocycles. The summed E-state index contributed by atoms with van der Waals surface area (Å²) in [5.74, 6) is 0.579. The molecule has 100 valence electrons. The lowest BCUT2D eigenvalue weighted by atomic mass is 10.0. The van der Waals surface area contributed by atoms with Crippen LogP contribution in [-0.4, -0.2) is 54.5 Å². The molecule has 1 aliphatic rings. The average molecular weight is 262 g/mol. The number of carbonyl (C=O) groups is 1. The molecule has 1 heterocycles. The number of carbonyl (C=O) groups excluding carboxylic acids is 1. The minimum absolute atomic E-state index is 0.0373. The maximum Gasteiger partial charge on any atom is 0.227 e. The molecule has 0 aromatic rings. The van der Waals surface area contributed by atoms with E-state index in [1.54, 1.807) is 6.26 Å². The van der Waals surface area contributed by atoms with E-state index in [2.05, 4.69) is 10.6 Å². The highest BCUT2D eigenvalue weighted by Crippen LogP contribution is 2.13. The second kappa shape index (κ2) is 7.79. The first kappa shape index (κ1) is 14.6. The second-order valence-corrected chi connectivity index (χ2v) is 5.78. The molecule has 1 fully saturated rings. The number of likely N-dealkylation sites (N-methyl/N-ethyl adjacent to an activating group) is 1. The minimum Gasteiger partial charge on any atom is -0.379 e. The number of hydrogen-bond acceptors (Lipinski definition) is 4. The zero-order valence-corrected chi connectivity index (χ0v) is 11.3. The van der Waals surface area contributed by atoms with Crippen LogP contribution in [-0.2, 0) is 20.3 Å². The molecule has 5 nitrogen and oxygen atoms in total. The smallest absolute Gasteiger partial charge is 0.227 e. The summed E-state index contributed by atoms with van der Waals surface area (Å²) in [4.78, 5) is 11.9. The van der Waals surface area contributed by atoms with Gasteiger partial charge in [-0.25, -0.2) is 0 Å². The monoisotopic (exact) mass is 262 g/mol. The van der Waals surface area contributed by atoms with Crippen molar-refractivity contribution in [3.05, 3.63) is 0 Å². The van der Waals surface area contributed by atoms with Crippen molar-refractivity contribution < 1.29 is 13.7 Å². The Morgan fingerprint density at radius 2 is 2.24 bits per heavy atom. The summed E-state index contributed by atoms with van der Waals surface area (Å²) in [6.07, 6.45) is 2.43. The third-order valence-electron chi connectivity index (χ3n) is 2.79. The van der Waals surface area contributed by atoms with Gasteiger partial charge >= 0.3 is 0 Å². The van der Waals surface area contributed by atoms with Crippen LogP contribution in [0.5, 0.6) is 0 Å². The Balaban J connectivity index is 2.24.